The van der Waals surface area contributed by atoms with Crippen LogP contribution >= 0.6 is 27.7 Å². The fraction of sp³-hybridized carbons (Fsp3) is 0.222. The predicted molar refractivity (Wildman–Crippen MR) is 62.5 cm³/mol. The maximum atomic E-state index is 13.2. The van der Waals surface area contributed by atoms with Gasteiger partial charge in [0.25, 0.3) is 0 Å². The standard InChI is InChI=1S/C9H8BrFN4S/c1-15-9(12-13-14-15)16-5-6-3-2-4-7(11)8(6)10/h2-4H,5H2,1H3. The van der Waals surface area contributed by atoms with Crippen LogP contribution in [0.4, 0.5) is 4.39 Å². The number of benzene rings is 1. The number of rotatable bonds is 3. The molecule has 0 spiro atoms. The van der Waals surface area contributed by atoms with Crippen molar-refractivity contribution in [2.75, 3.05) is 0 Å². The van der Waals surface area contributed by atoms with Crippen molar-refractivity contribution < 1.29 is 4.39 Å². The van der Waals surface area contributed by atoms with Crippen LogP contribution in [-0.4, -0.2) is 20.2 Å². The second-order valence-corrected chi connectivity index (χ2v) is 4.82. The Kier molecular flexibility index (Phi) is 3.55. The number of aryl methyl sites for hydroxylation is 1. The minimum absolute atomic E-state index is 0.255. The number of aromatic nitrogens is 4. The molecule has 1 aromatic heterocycles. The van der Waals surface area contributed by atoms with Crippen LogP contribution in [0, 0.1) is 5.82 Å². The van der Waals surface area contributed by atoms with Crippen LogP contribution in [0.3, 0.4) is 0 Å². The van der Waals surface area contributed by atoms with Gasteiger partial charge in [-0.2, -0.15) is 0 Å². The summed E-state index contributed by atoms with van der Waals surface area (Å²) in [6.45, 7) is 0. The molecule has 0 aliphatic rings. The third-order valence-corrected chi connectivity index (χ3v) is 3.92. The lowest BCUT2D eigenvalue weighted by atomic mass is 10.2. The largest absolute Gasteiger partial charge is 0.224 e. The lowest BCUT2D eigenvalue weighted by Crippen LogP contribution is -1.94. The maximum Gasteiger partial charge on any atom is 0.209 e. The van der Waals surface area contributed by atoms with Crippen molar-refractivity contribution >= 4 is 27.7 Å². The van der Waals surface area contributed by atoms with Gasteiger partial charge in [-0.15, -0.1) is 5.10 Å². The van der Waals surface area contributed by atoms with Crippen LogP contribution in [0.5, 0.6) is 0 Å². The molecule has 2 aromatic rings. The Labute approximate surface area is 104 Å². The van der Waals surface area contributed by atoms with Crippen molar-refractivity contribution in [3.05, 3.63) is 34.1 Å². The number of hydrogen-bond donors (Lipinski definition) is 0. The van der Waals surface area contributed by atoms with Gasteiger partial charge in [0.2, 0.25) is 5.16 Å². The van der Waals surface area contributed by atoms with E-state index in [2.05, 4.69) is 31.5 Å². The Bertz CT molecular complexity index is 502. The molecule has 0 saturated heterocycles. The van der Waals surface area contributed by atoms with E-state index in [4.69, 9.17) is 0 Å². The summed E-state index contributed by atoms with van der Waals surface area (Å²) >= 11 is 4.68. The molecule has 0 aliphatic heterocycles. The average Bonchev–Trinajstić information content (AvgIpc) is 2.67. The zero-order valence-corrected chi connectivity index (χ0v) is 10.8. The van der Waals surface area contributed by atoms with Crippen molar-refractivity contribution in [2.45, 2.75) is 10.9 Å². The second-order valence-electron chi connectivity index (χ2n) is 3.09. The zero-order chi connectivity index (χ0) is 11.5. The maximum absolute atomic E-state index is 13.2. The normalized spacial score (nSPS) is 10.7. The Morgan fingerprint density at radius 3 is 3.00 bits per heavy atom. The third kappa shape index (κ3) is 2.41. The second kappa shape index (κ2) is 4.92. The first kappa shape index (κ1) is 11.5. The fourth-order valence-electron chi connectivity index (χ4n) is 1.15. The Balaban J connectivity index is 2.11. The molecule has 7 heteroatoms. The first-order valence-electron chi connectivity index (χ1n) is 4.46. The molecular weight excluding hydrogens is 295 g/mol. The topological polar surface area (TPSA) is 43.6 Å². The van der Waals surface area contributed by atoms with E-state index in [0.29, 0.717) is 15.4 Å². The van der Waals surface area contributed by atoms with E-state index >= 15 is 0 Å². The molecule has 0 fully saturated rings. The smallest absolute Gasteiger partial charge is 0.209 e. The van der Waals surface area contributed by atoms with Crippen LogP contribution in [0.25, 0.3) is 0 Å². The summed E-state index contributed by atoms with van der Waals surface area (Å²) in [5.74, 6) is 0.362. The average molecular weight is 303 g/mol. The van der Waals surface area contributed by atoms with Crippen molar-refractivity contribution in [2.24, 2.45) is 7.05 Å². The van der Waals surface area contributed by atoms with Gasteiger partial charge >= 0.3 is 0 Å². The highest BCUT2D eigenvalue weighted by Crippen LogP contribution is 2.26. The molecule has 0 aliphatic carbocycles. The van der Waals surface area contributed by atoms with Gasteiger partial charge in [-0.1, -0.05) is 23.9 Å². The Morgan fingerprint density at radius 2 is 2.31 bits per heavy atom. The van der Waals surface area contributed by atoms with Gasteiger partial charge in [-0.25, -0.2) is 9.07 Å². The highest BCUT2D eigenvalue weighted by Gasteiger charge is 2.08. The first-order valence-corrected chi connectivity index (χ1v) is 6.24. The molecule has 0 amide bonds. The lowest BCUT2D eigenvalue weighted by Gasteiger charge is -2.03. The summed E-state index contributed by atoms with van der Waals surface area (Å²) in [4.78, 5) is 0. The molecule has 0 bridgehead atoms. The minimum atomic E-state index is -0.255. The molecule has 0 saturated carbocycles. The third-order valence-electron chi connectivity index (χ3n) is 1.97. The quantitative estimate of drug-likeness (QED) is 0.817. The Morgan fingerprint density at radius 1 is 1.50 bits per heavy atom. The molecule has 1 aromatic carbocycles. The highest BCUT2D eigenvalue weighted by molar-refractivity contribution is 9.10. The van der Waals surface area contributed by atoms with Crippen LogP contribution in [0.2, 0.25) is 0 Å². The molecule has 0 unspecified atom stereocenters. The fourth-order valence-corrected chi connectivity index (χ4v) is 2.58. The van der Waals surface area contributed by atoms with Gasteiger partial charge in [-0.05, 0) is 38.0 Å². The summed E-state index contributed by atoms with van der Waals surface area (Å²) in [5.41, 5.74) is 0.882. The highest BCUT2D eigenvalue weighted by atomic mass is 79.9. The van der Waals surface area contributed by atoms with E-state index in [1.807, 2.05) is 6.07 Å². The van der Waals surface area contributed by atoms with Crippen LogP contribution in [0.15, 0.2) is 27.8 Å². The van der Waals surface area contributed by atoms with E-state index in [-0.39, 0.29) is 5.82 Å². The zero-order valence-electron chi connectivity index (χ0n) is 8.39. The van der Waals surface area contributed by atoms with Crippen molar-refractivity contribution in [3.8, 4) is 0 Å². The monoisotopic (exact) mass is 302 g/mol. The van der Waals surface area contributed by atoms with E-state index < -0.39 is 0 Å². The van der Waals surface area contributed by atoms with Gasteiger partial charge in [0.15, 0.2) is 0 Å². The van der Waals surface area contributed by atoms with Crippen molar-refractivity contribution in [1.82, 2.24) is 20.2 Å². The number of halogens is 2. The molecule has 2 rings (SSSR count). The Hall–Kier alpha value is -0.950. The van der Waals surface area contributed by atoms with Crippen molar-refractivity contribution in [1.29, 1.82) is 0 Å². The van der Waals surface area contributed by atoms with Gasteiger partial charge in [0.1, 0.15) is 5.82 Å². The number of thioether (sulfide) groups is 1. The van der Waals surface area contributed by atoms with Gasteiger partial charge < -0.3 is 0 Å². The summed E-state index contributed by atoms with van der Waals surface area (Å²) in [5, 5.41) is 11.8. The lowest BCUT2D eigenvalue weighted by molar-refractivity contribution is 0.619. The predicted octanol–water partition coefficient (Wildman–Crippen LogP) is 2.40. The van der Waals surface area contributed by atoms with Crippen LogP contribution in [-0.2, 0) is 12.8 Å². The summed E-state index contributed by atoms with van der Waals surface area (Å²) in [6.07, 6.45) is 0. The minimum Gasteiger partial charge on any atom is -0.224 e. The van der Waals surface area contributed by atoms with E-state index in [9.17, 15) is 4.39 Å². The number of hydrogen-bond acceptors (Lipinski definition) is 4. The summed E-state index contributed by atoms with van der Waals surface area (Å²) in [6, 6.07) is 4.97. The number of tetrazole rings is 1. The summed E-state index contributed by atoms with van der Waals surface area (Å²) in [7, 11) is 1.77. The van der Waals surface area contributed by atoms with E-state index in [1.165, 1.54) is 17.8 Å². The molecule has 84 valence electrons. The first-order chi connectivity index (χ1) is 7.68. The van der Waals surface area contributed by atoms with Gasteiger partial charge in [0, 0.05) is 12.8 Å². The molecular formula is C9H8BrFN4S. The van der Waals surface area contributed by atoms with Gasteiger partial charge in [0.05, 0.1) is 4.47 Å². The SMILES string of the molecule is Cn1nnnc1SCc1cccc(F)c1Br. The molecule has 4 nitrogen and oxygen atoms in total. The van der Waals surface area contributed by atoms with Crippen LogP contribution < -0.4 is 0 Å². The molecule has 0 atom stereocenters. The van der Waals surface area contributed by atoms with Gasteiger partial charge in [-0.3, -0.25) is 0 Å². The van der Waals surface area contributed by atoms with E-state index in [0.717, 1.165) is 5.56 Å². The molecule has 1 heterocycles. The van der Waals surface area contributed by atoms with Crippen LogP contribution in [0.1, 0.15) is 5.56 Å². The summed E-state index contributed by atoms with van der Waals surface area (Å²) < 4.78 is 15.3. The van der Waals surface area contributed by atoms with E-state index in [1.54, 1.807) is 17.8 Å². The molecule has 0 N–H and O–H groups in total. The van der Waals surface area contributed by atoms with Crippen molar-refractivity contribution in [3.63, 3.8) is 0 Å². The molecule has 0 radical (unpaired) electrons. The molecule has 16 heavy (non-hydrogen) atoms. The number of nitrogens with zero attached hydrogens (tertiary/aromatic N) is 4.